The third-order valence-electron chi connectivity index (χ3n) is 2.57. The van der Waals surface area contributed by atoms with Gasteiger partial charge in [-0.05, 0) is 30.3 Å². The zero-order chi connectivity index (χ0) is 14.7. The molecular weight excluding hydrogens is 280 g/mol. The van der Waals surface area contributed by atoms with Crippen molar-refractivity contribution in [1.82, 2.24) is 0 Å². The molecule has 0 unspecified atom stereocenters. The van der Waals surface area contributed by atoms with Crippen LogP contribution in [-0.2, 0) is 0 Å². The first kappa shape index (κ1) is 13.7. The number of phenolic OH excluding ortho intramolecular Hbond substituents is 2. The molecule has 0 aromatic heterocycles. The minimum absolute atomic E-state index is 0.0128. The molecule has 0 spiro atoms. The predicted molar refractivity (Wildman–Crippen MR) is 73.9 cm³/mol. The highest BCUT2D eigenvalue weighted by molar-refractivity contribution is 6.34. The Morgan fingerprint density at radius 1 is 1.20 bits per heavy atom. The molecule has 0 aliphatic heterocycles. The molecule has 5 nitrogen and oxygen atoms in total. The van der Waals surface area contributed by atoms with E-state index in [-0.39, 0.29) is 27.8 Å². The van der Waals surface area contributed by atoms with Gasteiger partial charge in [0.05, 0.1) is 27.9 Å². The largest absolute Gasteiger partial charge is 0.508 e. The van der Waals surface area contributed by atoms with Gasteiger partial charge in [-0.2, -0.15) is 5.26 Å². The monoisotopic (exact) mass is 288 g/mol. The summed E-state index contributed by atoms with van der Waals surface area (Å²) in [6.07, 6.45) is 0. The Morgan fingerprint density at radius 3 is 2.60 bits per heavy atom. The average molecular weight is 289 g/mol. The number of amides is 1. The van der Waals surface area contributed by atoms with Crippen LogP contribution in [0, 0.1) is 11.3 Å². The molecule has 0 heterocycles. The highest BCUT2D eigenvalue weighted by Gasteiger charge is 2.13. The number of nitrogens with zero attached hydrogens (tertiary/aromatic N) is 1. The van der Waals surface area contributed by atoms with Crippen LogP contribution in [0.4, 0.5) is 5.69 Å². The van der Waals surface area contributed by atoms with Crippen LogP contribution < -0.4 is 5.32 Å². The van der Waals surface area contributed by atoms with E-state index in [1.807, 2.05) is 6.07 Å². The van der Waals surface area contributed by atoms with Crippen LogP contribution in [-0.4, -0.2) is 16.1 Å². The Bertz CT molecular complexity index is 723. The van der Waals surface area contributed by atoms with Gasteiger partial charge in [-0.3, -0.25) is 4.79 Å². The fourth-order valence-corrected chi connectivity index (χ4v) is 1.76. The maximum absolute atomic E-state index is 12.0. The zero-order valence-electron chi connectivity index (χ0n) is 10.1. The number of hydrogen-bond acceptors (Lipinski definition) is 4. The number of halogens is 1. The highest BCUT2D eigenvalue weighted by Crippen LogP contribution is 2.26. The smallest absolute Gasteiger partial charge is 0.259 e. The first-order valence-corrected chi connectivity index (χ1v) is 5.92. The second kappa shape index (κ2) is 5.51. The van der Waals surface area contributed by atoms with E-state index >= 15 is 0 Å². The van der Waals surface area contributed by atoms with Gasteiger partial charge in [0.1, 0.15) is 11.5 Å². The molecule has 0 radical (unpaired) electrons. The van der Waals surface area contributed by atoms with Crippen LogP contribution in [0.2, 0.25) is 5.02 Å². The van der Waals surface area contributed by atoms with Gasteiger partial charge in [0.15, 0.2) is 0 Å². The quantitative estimate of drug-likeness (QED) is 0.792. The van der Waals surface area contributed by atoms with E-state index in [9.17, 15) is 15.0 Å². The first-order valence-electron chi connectivity index (χ1n) is 5.54. The number of benzene rings is 2. The minimum Gasteiger partial charge on any atom is -0.508 e. The Morgan fingerprint density at radius 2 is 1.95 bits per heavy atom. The van der Waals surface area contributed by atoms with E-state index in [1.165, 1.54) is 30.3 Å². The summed E-state index contributed by atoms with van der Waals surface area (Å²) >= 11 is 5.92. The van der Waals surface area contributed by atoms with Crippen molar-refractivity contribution < 1.29 is 15.0 Å². The van der Waals surface area contributed by atoms with Crippen LogP contribution >= 0.6 is 11.6 Å². The van der Waals surface area contributed by atoms with E-state index in [2.05, 4.69) is 5.32 Å². The number of carbonyl (C=O) groups is 1. The van der Waals surface area contributed by atoms with Crippen LogP contribution in [0.3, 0.4) is 0 Å². The van der Waals surface area contributed by atoms with Crippen molar-refractivity contribution in [3.8, 4) is 17.6 Å². The molecule has 100 valence electrons. The van der Waals surface area contributed by atoms with Crippen molar-refractivity contribution in [3.63, 3.8) is 0 Å². The number of carbonyl (C=O) groups excluding carboxylic acids is 1. The molecule has 0 aliphatic carbocycles. The number of anilines is 1. The number of aromatic hydroxyl groups is 2. The second-order valence-electron chi connectivity index (χ2n) is 3.96. The Balaban J connectivity index is 2.30. The normalized spacial score (nSPS) is 9.80. The van der Waals surface area contributed by atoms with Crippen molar-refractivity contribution in [2.75, 3.05) is 5.32 Å². The van der Waals surface area contributed by atoms with E-state index in [1.54, 1.807) is 0 Å². The second-order valence-corrected chi connectivity index (χ2v) is 4.37. The molecule has 3 N–H and O–H groups in total. The van der Waals surface area contributed by atoms with Gasteiger partial charge < -0.3 is 15.5 Å². The van der Waals surface area contributed by atoms with Crippen LogP contribution in [0.5, 0.6) is 11.5 Å². The van der Waals surface area contributed by atoms with E-state index < -0.39 is 5.91 Å². The lowest BCUT2D eigenvalue weighted by Crippen LogP contribution is -2.12. The summed E-state index contributed by atoms with van der Waals surface area (Å²) in [7, 11) is 0. The van der Waals surface area contributed by atoms with E-state index in [4.69, 9.17) is 16.9 Å². The summed E-state index contributed by atoms with van der Waals surface area (Å²) < 4.78 is 0. The lowest BCUT2D eigenvalue weighted by molar-refractivity contribution is 0.102. The topological polar surface area (TPSA) is 93.4 Å². The first-order chi connectivity index (χ1) is 9.51. The third-order valence-corrected chi connectivity index (χ3v) is 2.90. The van der Waals surface area contributed by atoms with Gasteiger partial charge >= 0.3 is 0 Å². The molecule has 20 heavy (non-hydrogen) atoms. The van der Waals surface area contributed by atoms with Crippen molar-refractivity contribution in [2.45, 2.75) is 0 Å². The molecule has 2 aromatic carbocycles. The molecule has 6 heteroatoms. The molecule has 2 rings (SSSR count). The van der Waals surface area contributed by atoms with Gasteiger partial charge in [-0.1, -0.05) is 11.6 Å². The van der Waals surface area contributed by atoms with Crippen LogP contribution in [0.1, 0.15) is 15.9 Å². The fourth-order valence-electron chi connectivity index (χ4n) is 1.59. The summed E-state index contributed by atoms with van der Waals surface area (Å²) in [6, 6.07) is 10.00. The number of nitriles is 1. The van der Waals surface area contributed by atoms with Gasteiger partial charge in [0.25, 0.3) is 5.91 Å². The zero-order valence-corrected chi connectivity index (χ0v) is 10.8. The van der Waals surface area contributed by atoms with E-state index in [0.29, 0.717) is 5.56 Å². The maximum atomic E-state index is 12.0. The molecule has 0 bridgehead atoms. The molecule has 0 saturated heterocycles. The molecule has 0 atom stereocenters. The third kappa shape index (κ3) is 2.82. The number of rotatable bonds is 2. The fraction of sp³-hybridized carbons (Fsp3) is 0. The average Bonchev–Trinajstić information content (AvgIpc) is 2.41. The minimum atomic E-state index is -0.598. The van der Waals surface area contributed by atoms with Gasteiger partial charge in [-0.15, -0.1) is 0 Å². The highest BCUT2D eigenvalue weighted by atomic mass is 35.5. The number of phenols is 2. The lowest BCUT2D eigenvalue weighted by Gasteiger charge is -2.09. The van der Waals surface area contributed by atoms with Crippen LogP contribution in [0.25, 0.3) is 0 Å². The number of nitrogens with one attached hydrogen (secondary N) is 1. The van der Waals surface area contributed by atoms with Gasteiger partial charge in [-0.25, -0.2) is 0 Å². The lowest BCUT2D eigenvalue weighted by atomic mass is 10.1. The molecule has 1 amide bonds. The Kier molecular flexibility index (Phi) is 3.78. The van der Waals surface area contributed by atoms with Crippen molar-refractivity contribution >= 4 is 23.2 Å². The molecule has 0 aliphatic rings. The van der Waals surface area contributed by atoms with Crippen molar-refractivity contribution in [1.29, 1.82) is 5.26 Å². The van der Waals surface area contributed by atoms with Crippen LogP contribution in [0.15, 0.2) is 36.4 Å². The predicted octanol–water partition coefficient (Wildman–Crippen LogP) is 2.88. The van der Waals surface area contributed by atoms with Crippen molar-refractivity contribution in [3.05, 3.63) is 52.5 Å². The Hall–Kier alpha value is -2.71. The van der Waals surface area contributed by atoms with Gasteiger partial charge in [0.2, 0.25) is 0 Å². The molecular formula is C14H9ClN2O3. The Labute approximate surface area is 119 Å². The summed E-state index contributed by atoms with van der Waals surface area (Å²) in [5.74, 6) is -1.10. The SMILES string of the molecule is N#Cc1ccc(Cl)c(NC(=O)c2ccc(O)cc2O)c1. The maximum Gasteiger partial charge on any atom is 0.259 e. The van der Waals surface area contributed by atoms with Crippen molar-refractivity contribution in [2.24, 2.45) is 0 Å². The molecule has 0 saturated carbocycles. The summed E-state index contributed by atoms with van der Waals surface area (Å²) in [4.78, 5) is 12.0. The van der Waals surface area contributed by atoms with E-state index in [0.717, 1.165) is 6.07 Å². The summed E-state index contributed by atoms with van der Waals surface area (Å²) in [5, 5.41) is 30.4. The number of hydrogen-bond donors (Lipinski definition) is 3. The summed E-state index contributed by atoms with van der Waals surface area (Å²) in [5.41, 5.74) is 0.601. The summed E-state index contributed by atoms with van der Waals surface area (Å²) in [6.45, 7) is 0. The standard InChI is InChI=1S/C14H9ClN2O3/c15-11-4-1-8(7-16)5-12(11)17-14(20)10-3-2-9(18)6-13(10)19/h1-6,18-19H,(H,17,20). The molecule has 2 aromatic rings. The molecule has 0 fully saturated rings. The van der Waals surface area contributed by atoms with Gasteiger partial charge in [0, 0.05) is 6.07 Å².